The number of benzene rings is 1. The maximum absolute atomic E-state index is 12.2. The number of aromatic nitrogens is 1. The highest BCUT2D eigenvalue weighted by Gasteiger charge is 2.12. The molecule has 0 bridgehead atoms. The number of carbonyl (C=O) groups is 1. The van der Waals surface area contributed by atoms with E-state index >= 15 is 0 Å². The SMILES string of the molecule is CCCN(CC(=O)Nc1ccc(Cl)cc1)Cc1cnc(N)s1.Cl. The van der Waals surface area contributed by atoms with Crippen molar-refractivity contribution in [2.45, 2.75) is 19.9 Å². The minimum atomic E-state index is -0.0479. The van der Waals surface area contributed by atoms with Gasteiger partial charge in [0.1, 0.15) is 0 Å². The molecule has 2 aromatic rings. The van der Waals surface area contributed by atoms with Gasteiger partial charge < -0.3 is 11.1 Å². The lowest BCUT2D eigenvalue weighted by Gasteiger charge is -2.20. The molecule has 1 aromatic heterocycles. The van der Waals surface area contributed by atoms with E-state index in [1.807, 2.05) is 0 Å². The molecule has 8 heteroatoms. The number of nitrogens with zero attached hydrogens (tertiary/aromatic N) is 2. The van der Waals surface area contributed by atoms with Gasteiger partial charge >= 0.3 is 0 Å². The number of nitrogens with two attached hydrogens (primary N) is 1. The Hall–Kier alpha value is -1.34. The summed E-state index contributed by atoms with van der Waals surface area (Å²) in [6, 6.07) is 7.07. The first-order valence-electron chi connectivity index (χ1n) is 7.04. The van der Waals surface area contributed by atoms with Crippen molar-refractivity contribution in [3.8, 4) is 0 Å². The highest BCUT2D eigenvalue weighted by molar-refractivity contribution is 7.15. The van der Waals surface area contributed by atoms with Crippen LogP contribution >= 0.6 is 35.3 Å². The molecule has 0 atom stereocenters. The summed E-state index contributed by atoms with van der Waals surface area (Å²) in [6.45, 7) is 3.93. The van der Waals surface area contributed by atoms with Gasteiger partial charge in [-0.2, -0.15) is 0 Å². The summed E-state index contributed by atoms with van der Waals surface area (Å²) < 4.78 is 0. The summed E-state index contributed by atoms with van der Waals surface area (Å²) >= 11 is 7.28. The van der Waals surface area contributed by atoms with Gasteiger partial charge in [-0.05, 0) is 37.2 Å². The molecule has 0 aliphatic heterocycles. The molecule has 0 aliphatic rings. The first-order chi connectivity index (χ1) is 10.6. The Bertz CT molecular complexity index is 618. The van der Waals surface area contributed by atoms with Crippen LogP contribution in [-0.2, 0) is 11.3 Å². The minimum absolute atomic E-state index is 0. The molecule has 0 aliphatic carbocycles. The number of amides is 1. The average Bonchev–Trinajstić information content (AvgIpc) is 2.87. The Morgan fingerprint density at radius 3 is 2.65 bits per heavy atom. The van der Waals surface area contributed by atoms with Crippen molar-refractivity contribution in [1.29, 1.82) is 0 Å². The maximum Gasteiger partial charge on any atom is 0.238 e. The first-order valence-corrected chi connectivity index (χ1v) is 8.24. The summed E-state index contributed by atoms with van der Waals surface area (Å²) in [5.74, 6) is -0.0479. The van der Waals surface area contributed by atoms with Crippen LogP contribution in [0.5, 0.6) is 0 Å². The molecule has 1 amide bonds. The first kappa shape index (κ1) is 19.7. The van der Waals surface area contributed by atoms with Crippen LogP contribution in [0.4, 0.5) is 10.8 Å². The van der Waals surface area contributed by atoms with E-state index in [-0.39, 0.29) is 18.3 Å². The summed E-state index contributed by atoms with van der Waals surface area (Å²) in [5, 5.41) is 4.07. The van der Waals surface area contributed by atoms with E-state index in [0.717, 1.165) is 23.5 Å². The molecule has 23 heavy (non-hydrogen) atoms. The molecule has 0 saturated heterocycles. The monoisotopic (exact) mass is 374 g/mol. The standard InChI is InChI=1S/C15H19ClN4OS.ClH/c1-2-7-20(9-13-8-18-15(17)22-13)10-14(21)19-12-5-3-11(16)4-6-12;/h3-6,8H,2,7,9-10H2,1H3,(H2,17,18)(H,19,21);1H. The third-order valence-electron chi connectivity index (χ3n) is 2.99. The van der Waals surface area contributed by atoms with Gasteiger partial charge in [0.2, 0.25) is 5.91 Å². The number of carbonyl (C=O) groups excluding carboxylic acids is 1. The van der Waals surface area contributed by atoms with Crippen molar-refractivity contribution >= 4 is 52.1 Å². The molecule has 0 unspecified atom stereocenters. The van der Waals surface area contributed by atoms with Crippen LogP contribution in [0.1, 0.15) is 18.2 Å². The molecule has 3 N–H and O–H groups in total. The Morgan fingerprint density at radius 2 is 2.09 bits per heavy atom. The summed E-state index contributed by atoms with van der Waals surface area (Å²) in [7, 11) is 0. The number of nitrogens with one attached hydrogen (secondary N) is 1. The largest absolute Gasteiger partial charge is 0.375 e. The van der Waals surface area contributed by atoms with Crippen LogP contribution in [0.25, 0.3) is 0 Å². The molecule has 0 saturated carbocycles. The highest BCUT2D eigenvalue weighted by atomic mass is 35.5. The van der Waals surface area contributed by atoms with Crippen LogP contribution in [0, 0.1) is 0 Å². The fourth-order valence-electron chi connectivity index (χ4n) is 2.08. The Morgan fingerprint density at radius 1 is 1.39 bits per heavy atom. The van der Waals surface area contributed by atoms with E-state index in [9.17, 15) is 4.79 Å². The quantitative estimate of drug-likeness (QED) is 0.775. The summed E-state index contributed by atoms with van der Waals surface area (Å²) in [5.41, 5.74) is 6.39. The van der Waals surface area contributed by atoms with Crippen LogP contribution in [-0.4, -0.2) is 28.9 Å². The van der Waals surface area contributed by atoms with E-state index in [2.05, 4.69) is 22.1 Å². The van der Waals surface area contributed by atoms with Crippen molar-refractivity contribution in [2.24, 2.45) is 0 Å². The van der Waals surface area contributed by atoms with Crippen molar-refractivity contribution < 1.29 is 4.79 Å². The molecule has 126 valence electrons. The molecule has 1 heterocycles. The fourth-order valence-corrected chi connectivity index (χ4v) is 2.94. The van der Waals surface area contributed by atoms with Crippen LogP contribution in [0.3, 0.4) is 0 Å². The van der Waals surface area contributed by atoms with Crippen LogP contribution in [0.15, 0.2) is 30.5 Å². The van der Waals surface area contributed by atoms with Crippen molar-refractivity contribution in [3.05, 3.63) is 40.4 Å². The third kappa shape index (κ3) is 6.74. The predicted octanol–water partition coefficient (Wildman–Crippen LogP) is 3.65. The molecule has 1 aromatic carbocycles. The lowest BCUT2D eigenvalue weighted by molar-refractivity contribution is -0.117. The predicted molar refractivity (Wildman–Crippen MR) is 99.4 cm³/mol. The van der Waals surface area contributed by atoms with Gasteiger partial charge in [-0.1, -0.05) is 18.5 Å². The van der Waals surface area contributed by atoms with E-state index in [1.165, 1.54) is 11.3 Å². The summed E-state index contributed by atoms with van der Waals surface area (Å²) in [4.78, 5) is 19.3. The number of halogens is 2. The van der Waals surface area contributed by atoms with Crippen LogP contribution in [0.2, 0.25) is 5.02 Å². The second-order valence-electron chi connectivity index (χ2n) is 4.93. The van der Waals surface area contributed by atoms with Crippen molar-refractivity contribution in [2.75, 3.05) is 24.1 Å². The van der Waals surface area contributed by atoms with Gasteiger partial charge in [-0.25, -0.2) is 4.98 Å². The smallest absolute Gasteiger partial charge is 0.238 e. The lowest BCUT2D eigenvalue weighted by atomic mass is 10.3. The van der Waals surface area contributed by atoms with Gasteiger partial charge in [0.15, 0.2) is 5.13 Å². The Labute approximate surface area is 151 Å². The normalized spacial score (nSPS) is 10.4. The molecule has 0 spiro atoms. The number of anilines is 2. The van der Waals surface area contributed by atoms with Gasteiger partial charge in [0.25, 0.3) is 0 Å². The van der Waals surface area contributed by atoms with E-state index in [1.54, 1.807) is 30.5 Å². The minimum Gasteiger partial charge on any atom is -0.375 e. The molecule has 0 radical (unpaired) electrons. The summed E-state index contributed by atoms with van der Waals surface area (Å²) in [6.07, 6.45) is 2.74. The van der Waals surface area contributed by atoms with Gasteiger partial charge in [0, 0.05) is 28.3 Å². The Balaban J connectivity index is 0.00000264. The average molecular weight is 375 g/mol. The van der Waals surface area contributed by atoms with Gasteiger partial charge in [-0.3, -0.25) is 9.69 Å². The fraction of sp³-hybridized carbons (Fsp3) is 0.333. The molecule has 5 nitrogen and oxygen atoms in total. The lowest BCUT2D eigenvalue weighted by Crippen LogP contribution is -2.33. The third-order valence-corrected chi connectivity index (χ3v) is 4.05. The second kappa shape index (κ2) is 9.72. The number of nitrogen functional groups attached to an aromatic ring is 1. The zero-order valence-electron chi connectivity index (χ0n) is 12.8. The van der Waals surface area contributed by atoms with E-state index < -0.39 is 0 Å². The van der Waals surface area contributed by atoms with E-state index in [0.29, 0.717) is 23.2 Å². The second-order valence-corrected chi connectivity index (χ2v) is 6.51. The number of hydrogen-bond acceptors (Lipinski definition) is 5. The van der Waals surface area contributed by atoms with Gasteiger partial charge in [-0.15, -0.1) is 23.7 Å². The molecular weight excluding hydrogens is 355 g/mol. The maximum atomic E-state index is 12.2. The molecule has 0 fully saturated rings. The Kier molecular flexibility index (Phi) is 8.33. The molecule has 2 rings (SSSR count). The van der Waals surface area contributed by atoms with Crippen molar-refractivity contribution in [3.63, 3.8) is 0 Å². The van der Waals surface area contributed by atoms with Gasteiger partial charge in [0.05, 0.1) is 6.54 Å². The zero-order chi connectivity index (χ0) is 15.9. The number of thiazole rings is 1. The highest BCUT2D eigenvalue weighted by Crippen LogP contribution is 2.17. The van der Waals surface area contributed by atoms with E-state index in [4.69, 9.17) is 17.3 Å². The number of rotatable bonds is 7. The topological polar surface area (TPSA) is 71.2 Å². The zero-order valence-corrected chi connectivity index (χ0v) is 15.2. The van der Waals surface area contributed by atoms with Crippen molar-refractivity contribution in [1.82, 2.24) is 9.88 Å². The number of hydrogen-bond donors (Lipinski definition) is 2. The van der Waals surface area contributed by atoms with Crippen LogP contribution < -0.4 is 11.1 Å². The molecular formula is C15H20Cl2N4OS.